The number of allylic oxidation sites excluding steroid dienone is 2. The van der Waals surface area contributed by atoms with Crippen LogP contribution in [0.1, 0.15) is 32.6 Å². The molecule has 2 rings (SSSR count). The highest BCUT2D eigenvalue weighted by molar-refractivity contribution is 5.73. The van der Waals surface area contributed by atoms with Crippen molar-refractivity contribution in [3.8, 4) is 12.3 Å². The van der Waals surface area contributed by atoms with Gasteiger partial charge in [0.2, 0.25) is 0 Å². The van der Waals surface area contributed by atoms with E-state index >= 15 is 0 Å². The molecule has 2 heterocycles. The summed E-state index contributed by atoms with van der Waals surface area (Å²) in [6.07, 6.45) is 12.0. The number of carbonyl (C=O) groups is 1. The second-order valence-electron chi connectivity index (χ2n) is 5.65. The summed E-state index contributed by atoms with van der Waals surface area (Å²) < 4.78 is 18.8. The molecule has 2 aliphatic heterocycles. The van der Waals surface area contributed by atoms with Crippen molar-refractivity contribution >= 4 is 5.97 Å². The van der Waals surface area contributed by atoms with Crippen molar-refractivity contribution in [3.63, 3.8) is 0 Å². The zero-order valence-corrected chi connectivity index (χ0v) is 12.6. The van der Waals surface area contributed by atoms with Crippen LogP contribution in [0.5, 0.6) is 0 Å². The molecular weight excluding hydrogens is 269 g/mol. The Hall–Kier alpha value is -1.60. The smallest absolute Gasteiger partial charge is 0.310 e. The van der Waals surface area contributed by atoms with Crippen molar-refractivity contribution in [1.29, 1.82) is 0 Å². The highest BCUT2D eigenvalue weighted by Crippen LogP contribution is 2.40. The number of hydrogen-bond donors (Lipinski definition) is 0. The Bertz CT molecular complexity index is 503. The Morgan fingerprint density at radius 1 is 1.43 bits per heavy atom. The van der Waals surface area contributed by atoms with Gasteiger partial charge in [-0.3, -0.25) is 9.69 Å². The fourth-order valence-electron chi connectivity index (χ4n) is 3.62. The molecule has 3 atom stereocenters. The van der Waals surface area contributed by atoms with Crippen LogP contribution >= 0.6 is 0 Å². The Kier molecular flexibility index (Phi) is 5.19. The number of nitrogens with zero attached hydrogens (tertiary/aromatic N) is 1. The topological polar surface area (TPSA) is 29.5 Å². The van der Waals surface area contributed by atoms with Gasteiger partial charge in [0.1, 0.15) is 5.83 Å². The summed E-state index contributed by atoms with van der Waals surface area (Å²) in [6.45, 7) is 2.12. The van der Waals surface area contributed by atoms with Gasteiger partial charge in [-0.25, -0.2) is 4.39 Å². The van der Waals surface area contributed by atoms with Crippen molar-refractivity contribution in [3.05, 3.63) is 23.6 Å². The van der Waals surface area contributed by atoms with Crippen molar-refractivity contribution in [2.24, 2.45) is 5.92 Å². The second kappa shape index (κ2) is 6.91. The third-order valence-corrected chi connectivity index (χ3v) is 4.64. The summed E-state index contributed by atoms with van der Waals surface area (Å²) in [5, 5.41) is 0. The van der Waals surface area contributed by atoms with Gasteiger partial charge in [0.25, 0.3) is 0 Å². The average Bonchev–Trinajstić information content (AvgIpc) is 2.76. The maximum absolute atomic E-state index is 13.9. The Morgan fingerprint density at radius 2 is 2.14 bits per heavy atom. The maximum Gasteiger partial charge on any atom is 0.310 e. The third-order valence-electron chi connectivity index (χ3n) is 4.64. The van der Waals surface area contributed by atoms with E-state index in [-0.39, 0.29) is 23.8 Å². The molecule has 3 unspecified atom stereocenters. The first-order valence-electron chi connectivity index (χ1n) is 7.43. The summed E-state index contributed by atoms with van der Waals surface area (Å²) in [4.78, 5) is 14.2. The first kappa shape index (κ1) is 15.8. The first-order chi connectivity index (χ1) is 10.1. The van der Waals surface area contributed by atoms with Gasteiger partial charge in [-0.15, -0.1) is 6.42 Å². The molecule has 2 fully saturated rings. The molecule has 114 valence electrons. The fourth-order valence-corrected chi connectivity index (χ4v) is 3.62. The van der Waals surface area contributed by atoms with Gasteiger partial charge < -0.3 is 4.74 Å². The summed E-state index contributed by atoms with van der Waals surface area (Å²) in [5.74, 6) is 1.87. The van der Waals surface area contributed by atoms with Crippen molar-refractivity contribution in [2.45, 2.75) is 44.7 Å². The predicted molar refractivity (Wildman–Crippen MR) is 80.0 cm³/mol. The average molecular weight is 291 g/mol. The first-order valence-corrected chi connectivity index (χ1v) is 7.43. The molecule has 0 spiro atoms. The monoisotopic (exact) mass is 291 g/mol. The predicted octanol–water partition coefficient (Wildman–Crippen LogP) is 2.84. The van der Waals surface area contributed by atoms with Gasteiger partial charge in [0.15, 0.2) is 0 Å². The zero-order chi connectivity index (χ0) is 15.4. The van der Waals surface area contributed by atoms with Crippen LogP contribution in [0.4, 0.5) is 4.39 Å². The molecule has 0 amide bonds. The molecule has 2 saturated heterocycles. The molecule has 0 N–H and O–H groups in total. The highest BCUT2D eigenvalue weighted by atomic mass is 19.1. The van der Waals surface area contributed by atoms with E-state index in [2.05, 4.69) is 10.8 Å². The number of fused-ring (bicyclic) bond motifs is 2. The number of esters is 1. The number of carbonyl (C=O) groups excluding carboxylic acids is 1. The standard InChI is InChI=1S/C17H22FNO2/c1-4-6-12(15(18)5-2)11-19-13-7-9-14(17(20)21-3)16(19)10-8-13/h1,5-6,13-14,16H,7-11H2,2-3H3/b12-6-,15-5+. The van der Waals surface area contributed by atoms with E-state index in [1.54, 1.807) is 6.92 Å². The highest BCUT2D eigenvalue weighted by Gasteiger charge is 2.45. The van der Waals surface area contributed by atoms with E-state index < -0.39 is 0 Å². The van der Waals surface area contributed by atoms with Gasteiger partial charge in [-0.05, 0) is 38.7 Å². The summed E-state index contributed by atoms with van der Waals surface area (Å²) in [6, 6.07) is 0.559. The Morgan fingerprint density at radius 3 is 2.76 bits per heavy atom. The lowest BCUT2D eigenvalue weighted by Gasteiger charge is -2.39. The van der Waals surface area contributed by atoms with E-state index in [0.717, 1.165) is 25.7 Å². The molecule has 0 aliphatic carbocycles. The van der Waals surface area contributed by atoms with E-state index in [1.165, 1.54) is 19.3 Å². The number of ether oxygens (including phenoxy) is 1. The number of halogens is 1. The molecule has 0 aromatic rings. The van der Waals surface area contributed by atoms with E-state index in [0.29, 0.717) is 18.2 Å². The minimum absolute atomic E-state index is 0.102. The Balaban J connectivity index is 2.18. The van der Waals surface area contributed by atoms with E-state index in [4.69, 9.17) is 11.2 Å². The molecule has 2 bridgehead atoms. The van der Waals surface area contributed by atoms with Gasteiger partial charge in [0, 0.05) is 24.2 Å². The van der Waals surface area contributed by atoms with Gasteiger partial charge in [-0.2, -0.15) is 0 Å². The quantitative estimate of drug-likeness (QED) is 0.453. The van der Waals surface area contributed by atoms with Gasteiger partial charge in [-0.1, -0.05) is 12.0 Å². The van der Waals surface area contributed by atoms with Crippen LogP contribution in [0.25, 0.3) is 0 Å². The molecule has 0 saturated carbocycles. The fraction of sp³-hybridized carbons (Fsp3) is 0.588. The summed E-state index contributed by atoms with van der Waals surface area (Å²) in [5.41, 5.74) is 0.516. The molecule has 0 radical (unpaired) electrons. The molecule has 2 aliphatic rings. The van der Waals surface area contributed by atoms with Crippen LogP contribution in [0.2, 0.25) is 0 Å². The van der Waals surface area contributed by atoms with E-state index in [9.17, 15) is 9.18 Å². The van der Waals surface area contributed by atoms with Gasteiger partial charge in [0.05, 0.1) is 13.0 Å². The maximum atomic E-state index is 13.9. The minimum atomic E-state index is -0.285. The lowest BCUT2D eigenvalue weighted by atomic mass is 9.89. The molecule has 4 heteroatoms. The van der Waals surface area contributed by atoms with Gasteiger partial charge >= 0.3 is 5.97 Å². The van der Waals surface area contributed by atoms with Crippen molar-refractivity contribution in [2.75, 3.05) is 13.7 Å². The van der Waals surface area contributed by atoms with E-state index in [1.807, 2.05) is 0 Å². The number of rotatable bonds is 4. The molecule has 21 heavy (non-hydrogen) atoms. The zero-order valence-electron chi connectivity index (χ0n) is 12.6. The summed E-state index contributed by atoms with van der Waals surface area (Å²) in [7, 11) is 1.43. The van der Waals surface area contributed by atoms with Crippen LogP contribution in [0.15, 0.2) is 23.6 Å². The SMILES string of the molecule is C#C/C=C(CN1C2CCC(C(=O)OC)C1CC2)\C(F)=C/C. The molecular formula is C17H22FNO2. The van der Waals surface area contributed by atoms with Crippen LogP contribution in [-0.2, 0) is 9.53 Å². The Labute approximate surface area is 125 Å². The van der Waals surface area contributed by atoms with Crippen LogP contribution in [0.3, 0.4) is 0 Å². The number of terminal acetylenes is 1. The normalized spacial score (nSPS) is 30.1. The molecule has 3 nitrogen and oxygen atoms in total. The third kappa shape index (κ3) is 3.19. The number of methoxy groups -OCH3 is 1. The molecule has 0 aromatic carbocycles. The molecule has 0 aromatic heterocycles. The largest absolute Gasteiger partial charge is 0.469 e. The summed E-state index contributed by atoms with van der Waals surface area (Å²) >= 11 is 0. The second-order valence-corrected chi connectivity index (χ2v) is 5.65. The van der Waals surface area contributed by atoms with Crippen LogP contribution in [-0.4, -0.2) is 36.6 Å². The van der Waals surface area contributed by atoms with Crippen molar-refractivity contribution in [1.82, 2.24) is 4.90 Å². The number of hydrogen-bond acceptors (Lipinski definition) is 3. The lowest BCUT2D eigenvalue weighted by Crippen LogP contribution is -2.48. The minimum Gasteiger partial charge on any atom is -0.469 e. The van der Waals surface area contributed by atoms with Crippen LogP contribution in [0, 0.1) is 18.3 Å². The number of piperidine rings is 1. The van der Waals surface area contributed by atoms with Crippen molar-refractivity contribution < 1.29 is 13.9 Å². The van der Waals surface area contributed by atoms with Crippen LogP contribution < -0.4 is 0 Å². The lowest BCUT2D eigenvalue weighted by molar-refractivity contribution is -0.149.